The van der Waals surface area contributed by atoms with Crippen LogP contribution in [0.25, 0.3) is 0 Å². The first-order valence-electron chi connectivity index (χ1n) is 10.1. The van der Waals surface area contributed by atoms with Gasteiger partial charge in [-0.25, -0.2) is 13.5 Å². The Morgan fingerprint density at radius 3 is 2.66 bits per heavy atom. The fourth-order valence-electron chi connectivity index (χ4n) is 4.01. The number of rotatable bonds is 7. The largest absolute Gasteiger partial charge is 0.476 e. The predicted molar refractivity (Wildman–Crippen MR) is 115 cm³/mol. The van der Waals surface area contributed by atoms with Crippen molar-refractivity contribution in [3.63, 3.8) is 0 Å². The second-order valence-corrected chi connectivity index (χ2v) is 10.8. The van der Waals surface area contributed by atoms with E-state index in [-0.39, 0.29) is 46.7 Å². The third-order valence-electron chi connectivity index (χ3n) is 6.00. The lowest BCUT2D eigenvalue weighted by atomic mass is 9.95. The van der Waals surface area contributed by atoms with Gasteiger partial charge in [0.2, 0.25) is 11.8 Å². The van der Waals surface area contributed by atoms with Crippen molar-refractivity contribution in [1.82, 2.24) is 15.5 Å². The standard InChI is InChI=1S/C21H21ClN4O5S/c22-16-3-1-2-4-17(16)32(29,30)14-9-13(11-31-19-6-5-18(27)25-26-19)15(10-14)20(28)24-21(12-23)7-8-21/h1-6,13-15H,7-11H2,(H,24,28)(H,25,27)/t13-,14+,15+/m0/s1. The molecular weight excluding hydrogens is 456 g/mol. The average molecular weight is 477 g/mol. The van der Waals surface area contributed by atoms with Gasteiger partial charge in [-0.1, -0.05) is 23.7 Å². The highest BCUT2D eigenvalue weighted by molar-refractivity contribution is 7.92. The highest BCUT2D eigenvalue weighted by atomic mass is 35.5. The number of aromatic amines is 1. The van der Waals surface area contributed by atoms with Crippen LogP contribution in [0.3, 0.4) is 0 Å². The molecule has 32 heavy (non-hydrogen) atoms. The highest BCUT2D eigenvalue weighted by Crippen LogP contribution is 2.41. The number of carbonyl (C=O) groups is 1. The zero-order valence-electron chi connectivity index (χ0n) is 17.0. The molecule has 2 aliphatic rings. The van der Waals surface area contributed by atoms with E-state index in [0.717, 1.165) is 0 Å². The van der Waals surface area contributed by atoms with Gasteiger partial charge in [0.15, 0.2) is 9.84 Å². The molecular formula is C21H21ClN4O5S. The summed E-state index contributed by atoms with van der Waals surface area (Å²) in [4.78, 5) is 24.2. The molecule has 11 heteroatoms. The van der Waals surface area contributed by atoms with Crippen LogP contribution < -0.4 is 15.6 Å². The Kier molecular flexibility index (Phi) is 5.97. The van der Waals surface area contributed by atoms with Gasteiger partial charge in [0, 0.05) is 24.0 Å². The minimum Gasteiger partial charge on any atom is -0.476 e. The topological polar surface area (TPSA) is 142 Å². The molecule has 0 aliphatic heterocycles. The first-order valence-corrected chi connectivity index (χ1v) is 12.1. The molecule has 9 nitrogen and oxygen atoms in total. The molecule has 2 aromatic rings. The summed E-state index contributed by atoms with van der Waals surface area (Å²) in [5.41, 5.74) is -1.24. The van der Waals surface area contributed by atoms with Crippen LogP contribution >= 0.6 is 11.6 Å². The van der Waals surface area contributed by atoms with Gasteiger partial charge in [0.1, 0.15) is 5.54 Å². The summed E-state index contributed by atoms with van der Waals surface area (Å²) < 4.78 is 32.2. The molecule has 168 valence electrons. The van der Waals surface area contributed by atoms with Crippen LogP contribution in [0.4, 0.5) is 0 Å². The summed E-state index contributed by atoms with van der Waals surface area (Å²) >= 11 is 6.13. The summed E-state index contributed by atoms with van der Waals surface area (Å²) in [6.45, 7) is 0.0330. The van der Waals surface area contributed by atoms with E-state index in [1.165, 1.54) is 24.3 Å². The number of amides is 1. The van der Waals surface area contributed by atoms with E-state index in [1.807, 2.05) is 0 Å². The van der Waals surface area contributed by atoms with E-state index in [2.05, 4.69) is 21.6 Å². The van der Waals surface area contributed by atoms with Crippen LogP contribution in [0.1, 0.15) is 25.7 Å². The van der Waals surface area contributed by atoms with Gasteiger partial charge >= 0.3 is 0 Å². The third-order valence-corrected chi connectivity index (χ3v) is 8.67. The molecule has 0 saturated heterocycles. The lowest BCUT2D eigenvalue weighted by molar-refractivity contribution is -0.127. The van der Waals surface area contributed by atoms with Gasteiger partial charge in [0.05, 0.1) is 27.8 Å². The fourth-order valence-corrected chi connectivity index (χ4v) is 6.40. The maximum Gasteiger partial charge on any atom is 0.264 e. The van der Waals surface area contributed by atoms with E-state index < -0.39 is 32.5 Å². The van der Waals surface area contributed by atoms with Crippen LogP contribution in [0.5, 0.6) is 5.88 Å². The SMILES string of the molecule is N#CC1(NC(=O)[C@@H]2C[C@H](S(=O)(=O)c3ccccc3Cl)C[C@H]2COc2ccc(=O)[nH]n2)CC1. The first-order chi connectivity index (χ1) is 15.2. The van der Waals surface area contributed by atoms with Crippen LogP contribution in [0.2, 0.25) is 5.02 Å². The van der Waals surface area contributed by atoms with E-state index >= 15 is 0 Å². The molecule has 0 spiro atoms. The van der Waals surface area contributed by atoms with Crippen molar-refractivity contribution in [3.8, 4) is 11.9 Å². The number of carbonyl (C=O) groups excluding carboxylic acids is 1. The summed E-state index contributed by atoms with van der Waals surface area (Å²) in [6.07, 6.45) is 1.43. The van der Waals surface area contributed by atoms with Crippen LogP contribution in [0.15, 0.2) is 46.1 Å². The Balaban J connectivity index is 1.56. The number of halogens is 1. The second kappa shape index (κ2) is 8.56. The monoisotopic (exact) mass is 476 g/mol. The van der Waals surface area contributed by atoms with Gasteiger partial charge in [0.25, 0.3) is 5.56 Å². The molecule has 0 radical (unpaired) electrons. The summed E-state index contributed by atoms with van der Waals surface area (Å²) in [5, 5.41) is 17.4. The molecule has 1 amide bonds. The second-order valence-electron chi connectivity index (χ2n) is 8.19. The Morgan fingerprint density at radius 1 is 1.28 bits per heavy atom. The summed E-state index contributed by atoms with van der Waals surface area (Å²) in [6, 6.07) is 11.0. The third kappa shape index (κ3) is 4.49. The number of ether oxygens (including phenoxy) is 1. The molecule has 0 unspecified atom stereocenters. The van der Waals surface area contributed by atoms with E-state index in [4.69, 9.17) is 16.3 Å². The number of nitrogens with zero attached hydrogens (tertiary/aromatic N) is 2. The zero-order chi connectivity index (χ0) is 22.9. The molecule has 1 aromatic heterocycles. The molecule has 2 fully saturated rings. The van der Waals surface area contributed by atoms with Crippen LogP contribution in [-0.2, 0) is 14.6 Å². The first kappa shape index (κ1) is 22.3. The van der Waals surface area contributed by atoms with Crippen molar-refractivity contribution in [1.29, 1.82) is 5.26 Å². The van der Waals surface area contributed by atoms with Crippen molar-refractivity contribution < 1.29 is 17.9 Å². The number of sulfone groups is 1. The molecule has 1 heterocycles. The summed E-state index contributed by atoms with van der Waals surface area (Å²) in [5.74, 6) is -1.29. The predicted octanol–water partition coefficient (Wildman–Crippen LogP) is 1.84. The van der Waals surface area contributed by atoms with Crippen molar-refractivity contribution in [3.05, 3.63) is 51.8 Å². The average Bonchev–Trinajstić information content (AvgIpc) is 3.40. The van der Waals surface area contributed by atoms with E-state index in [0.29, 0.717) is 12.8 Å². The fraction of sp³-hybridized carbons (Fsp3) is 0.429. The Morgan fingerprint density at radius 2 is 2.03 bits per heavy atom. The number of nitrogens with one attached hydrogen (secondary N) is 2. The van der Waals surface area contributed by atoms with E-state index in [9.17, 15) is 23.3 Å². The molecule has 3 atom stereocenters. The Labute approximate surface area is 189 Å². The number of nitriles is 1. The molecule has 2 saturated carbocycles. The van der Waals surface area contributed by atoms with Gasteiger partial charge in [-0.05, 0) is 37.8 Å². The van der Waals surface area contributed by atoms with Crippen molar-refractivity contribution in [2.24, 2.45) is 11.8 Å². The minimum absolute atomic E-state index is 0.0328. The molecule has 2 aliphatic carbocycles. The number of H-pyrrole nitrogens is 1. The van der Waals surface area contributed by atoms with Gasteiger partial charge in [-0.2, -0.15) is 5.26 Å². The Hall–Kier alpha value is -2.90. The normalized spacial score (nSPS) is 23.8. The number of hydrogen-bond donors (Lipinski definition) is 2. The maximum absolute atomic E-state index is 13.3. The zero-order valence-corrected chi connectivity index (χ0v) is 18.5. The number of benzene rings is 1. The quantitative estimate of drug-likeness (QED) is 0.620. The number of hydrogen-bond acceptors (Lipinski definition) is 7. The minimum atomic E-state index is -3.79. The van der Waals surface area contributed by atoms with Crippen LogP contribution in [-0.4, -0.2) is 41.9 Å². The highest BCUT2D eigenvalue weighted by Gasteiger charge is 2.50. The maximum atomic E-state index is 13.3. The van der Waals surface area contributed by atoms with E-state index in [1.54, 1.807) is 12.1 Å². The van der Waals surface area contributed by atoms with Gasteiger partial charge in [-0.3, -0.25) is 9.59 Å². The summed E-state index contributed by atoms with van der Waals surface area (Å²) in [7, 11) is -3.79. The van der Waals surface area contributed by atoms with Crippen molar-refractivity contribution in [2.45, 2.75) is 41.4 Å². The smallest absolute Gasteiger partial charge is 0.264 e. The molecule has 4 rings (SSSR count). The van der Waals surface area contributed by atoms with Crippen LogP contribution in [0, 0.1) is 23.2 Å². The lowest BCUT2D eigenvalue weighted by Gasteiger charge is -2.20. The lowest BCUT2D eigenvalue weighted by Crippen LogP contribution is -2.41. The van der Waals surface area contributed by atoms with Crippen molar-refractivity contribution >= 4 is 27.3 Å². The van der Waals surface area contributed by atoms with Gasteiger partial charge < -0.3 is 10.1 Å². The molecule has 2 N–H and O–H groups in total. The number of aromatic nitrogens is 2. The van der Waals surface area contributed by atoms with Gasteiger partial charge in [-0.15, -0.1) is 5.10 Å². The molecule has 1 aromatic carbocycles. The molecule has 0 bridgehead atoms. The van der Waals surface area contributed by atoms with Crippen molar-refractivity contribution in [2.75, 3.05) is 6.61 Å². The Bertz CT molecular complexity index is 1210.